The van der Waals surface area contributed by atoms with Crippen LogP contribution in [0.5, 0.6) is 0 Å². The maximum absolute atomic E-state index is 13.3. The fourth-order valence-electron chi connectivity index (χ4n) is 3.19. The van der Waals surface area contributed by atoms with Crippen LogP contribution >= 0.6 is 22.6 Å². The number of benzene rings is 2. The van der Waals surface area contributed by atoms with Gasteiger partial charge < -0.3 is 4.90 Å². The summed E-state index contributed by atoms with van der Waals surface area (Å²) in [7, 11) is -3.83. The van der Waals surface area contributed by atoms with Crippen LogP contribution in [0.15, 0.2) is 59.5 Å². The second kappa shape index (κ2) is 9.05. The lowest BCUT2D eigenvalue weighted by molar-refractivity contribution is -0.129. The maximum Gasteiger partial charge on any atom is 0.264 e. The van der Waals surface area contributed by atoms with Gasteiger partial charge >= 0.3 is 0 Å². The van der Waals surface area contributed by atoms with E-state index in [0.29, 0.717) is 18.8 Å². The predicted octanol–water partition coefficient (Wildman–Crippen LogP) is 3.89. The van der Waals surface area contributed by atoms with Gasteiger partial charge in [0.05, 0.1) is 10.6 Å². The minimum atomic E-state index is -3.83. The number of carbonyl (C=O) groups excluding carboxylic acids is 1. The molecule has 27 heavy (non-hydrogen) atoms. The van der Waals surface area contributed by atoms with E-state index in [-0.39, 0.29) is 17.3 Å². The minimum Gasteiger partial charge on any atom is -0.341 e. The molecule has 2 aromatic carbocycles. The lowest BCUT2D eigenvalue weighted by Crippen LogP contribution is -2.43. The molecule has 0 radical (unpaired) electrons. The molecule has 0 bridgehead atoms. The first kappa shape index (κ1) is 20.1. The van der Waals surface area contributed by atoms with Crippen LogP contribution in [0.1, 0.15) is 25.7 Å². The molecule has 144 valence electrons. The number of sulfonamides is 1. The first-order valence-corrected chi connectivity index (χ1v) is 11.6. The number of amides is 1. The van der Waals surface area contributed by atoms with Gasteiger partial charge in [0.15, 0.2) is 0 Å². The molecule has 0 aromatic heterocycles. The van der Waals surface area contributed by atoms with Gasteiger partial charge in [-0.05, 0) is 71.8 Å². The number of hydrogen-bond donors (Lipinski definition) is 0. The van der Waals surface area contributed by atoms with Gasteiger partial charge in [-0.3, -0.25) is 9.10 Å². The summed E-state index contributed by atoms with van der Waals surface area (Å²) in [5, 5.41) is 0. The zero-order valence-electron chi connectivity index (χ0n) is 15.1. The summed E-state index contributed by atoms with van der Waals surface area (Å²) in [6.45, 7) is 1.22. The van der Waals surface area contributed by atoms with Gasteiger partial charge in [-0.1, -0.05) is 31.0 Å². The van der Waals surface area contributed by atoms with E-state index in [4.69, 9.17) is 0 Å². The van der Waals surface area contributed by atoms with Crippen molar-refractivity contribution in [2.45, 2.75) is 30.6 Å². The topological polar surface area (TPSA) is 57.7 Å². The summed E-state index contributed by atoms with van der Waals surface area (Å²) >= 11 is 2.17. The molecule has 1 amide bonds. The van der Waals surface area contributed by atoms with Crippen molar-refractivity contribution in [1.82, 2.24) is 4.90 Å². The highest BCUT2D eigenvalue weighted by Crippen LogP contribution is 2.25. The molecular weight excluding hydrogens is 475 g/mol. The summed E-state index contributed by atoms with van der Waals surface area (Å²) < 4.78 is 28.7. The Kier molecular flexibility index (Phi) is 6.75. The average Bonchev–Trinajstić information content (AvgIpc) is 2.97. The summed E-state index contributed by atoms with van der Waals surface area (Å²) in [5.41, 5.74) is 0.502. The molecule has 0 aliphatic carbocycles. The van der Waals surface area contributed by atoms with E-state index in [9.17, 15) is 13.2 Å². The summed E-state index contributed by atoms with van der Waals surface area (Å²) in [6, 6.07) is 15.5. The van der Waals surface area contributed by atoms with Crippen LogP contribution in [-0.2, 0) is 14.8 Å². The summed E-state index contributed by atoms with van der Waals surface area (Å²) in [4.78, 5) is 14.9. The van der Waals surface area contributed by atoms with Crippen LogP contribution in [-0.4, -0.2) is 38.9 Å². The molecular formula is C20H23IN2O3S. The Bertz CT molecular complexity index is 862. The fourth-order valence-corrected chi connectivity index (χ4v) is 4.98. The van der Waals surface area contributed by atoms with Crippen LogP contribution in [0.3, 0.4) is 0 Å². The van der Waals surface area contributed by atoms with Gasteiger partial charge in [0.2, 0.25) is 5.91 Å². The highest BCUT2D eigenvalue weighted by Gasteiger charge is 2.29. The number of carbonyl (C=O) groups is 1. The number of hydrogen-bond acceptors (Lipinski definition) is 3. The van der Waals surface area contributed by atoms with Crippen LogP contribution in [0, 0.1) is 3.57 Å². The molecule has 0 saturated carbocycles. The predicted molar refractivity (Wildman–Crippen MR) is 115 cm³/mol. The molecule has 1 heterocycles. The number of nitrogens with zero attached hydrogens (tertiary/aromatic N) is 2. The number of anilines is 1. The van der Waals surface area contributed by atoms with Crippen molar-refractivity contribution >= 4 is 44.2 Å². The molecule has 2 aromatic rings. The molecule has 1 aliphatic heterocycles. The highest BCUT2D eigenvalue weighted by molar-refractivity contribution is 14.1. The first-order valence-electron chi connectivity index (χ1n) is 9.09. The maximum atomic E-state index is 13.3. The van der Waals surface area contributed by atoms with Crippen molar-refractivity contribution < 1.29 is 13.2 Å². The smallest absolute Gasteiger partial charge is 0.264 e. The molecule has 3 rings (SSSR count). The zero-order valence-corrected chi connectivity index (χ0v) is 18.0. The number of rotatable bonds is 5. The largest absolute Gasteiger partial charge is 0.341 e. The summed E-state index contributed by atoms with van der Waals surface area (Å²) in [5.74, 6) is -0.144. The van der Waals surface area contributed by atoms with Gasteiger partial charge in [-0.2, -0.15) is 0 Å². The van der Waals surface area contributed by atoms with Gasteiger partial charge in [0.25, 0.3) is 10.0 Å². The van der Waals surface area contributed by atoms with E-state index in [1.165, 1.54) is 4.31 Å². The van der Waals surface area contributed by atoms with Crippen molar-refractivity contribution in [3.8, 4) is 0 Å². The second-order valence-corrected chi connectivity index (χ2v) is 9.70. The van der Waals surface area contributed by atoms with Crippen LogP contribution in [0.25, 0.3) is 0 Å². The Hall–Kier alpha value is -1.61. The van der Waals surface area contributed by atoms with Crippen molar-refractivity contribution in [2.24, 2.45) is 0 Å². The van der Waals surface area contributed by atoms with Gasteiger partial charge in [-0.25, -0.2) is 8.42 Å². The standard InChI is InChI=1S/C20H23IN2O3S/c21-17-10-12-18(13-11-17)23(27(25,26)19-8-4-3-5-9-19)16-20(24)22-14-6-1-2-7-15-22/h3-5,8-13H,1-2,6-7,14-16H2. The van der Waals surface area contributed by atoms with Crippen molar-refractivity contribution in [3.63, 3.8) is 0 Å². The normalized spacial score (nSPS) is 15.2. The quantitative estimate of drug-likeness (QED) is 0.588. The third kappa shape index (κ3) is 5.01. The lowest BCUT2D eigenvalue weighted by atomic mass is 10.2. The SMILES string of the molecule is O=C(CN(c1ccc(I)cc1)S(=O)(=O)c1ccccc1)N1CCCCCC1. The van der Waals surface area contributed by atoms with Gasteiger partial charge in [-0.15, -0.1) is 0 Å². The number of halogens is 1. The molecule has 5 nitrogen and oxygen atoms in total. The molecule has 1 aliphatic rings. The van der Waals surface area contributed by atoms with Crippen molar-refractivity contribution in [1.29, 1.82) is 0 Å². The van der Waals surface area contributed by atoms with Crippen LogP contribution < -0.4 is 4.31 Å². The Morgan fingerprint density at radius 2 is 1.52 bits per heavy atom. The van der Waals surface area contributed by atoms with E-state index >= 15 is 0 Å². The molecule has 7 heteroatoms. The fraction of sp³-hybridized carbons (Fsp3) is 0.350. The van der Waals surface area contributed by atoms with Crippen molar-refractivity contribution in [3.05, 3.63) is 58.2 Å². The molecule has 0 N–H and O–H groups in total. The highest BCUT2D eigenvalue weighted by atomic mass is 127. The van der Waals surface area contributed by atoms with Gasteiger partial charge in [0.1, 0.15) is 6.54 Å². The molecule has 1 saturated heterocycles. The Morgan fingerprint density at radius 3 is 2.11 bits per heavy atom. The van der Waals surface area contributed by atoms with Crippen molar-refractivity contribution in [2.75, 3.05) is 23.9 Å². The van der Waals surface area contributed by atoms with E-state index in [2.05, 4.69) is 22.6 Å². The number of likely N-dealkylation sites (tertiary alicyclic amines) is 1. The molecule has 1 fully saturated rings. The van der Waals surface area contributed by atoms with Gasteiger partial charge in [0, 0.05) is 16.7 Å². The van der Waals surface area contributed by atoms with Crippen LogP contribution in [0.2, 0.25) is 0 Å². The van der Waals surface area contributed by atoms with Crippen LogP contribution in [0.4, 0.5) is 5.69 Å². The second-order valence-electron chi connectivity index (χ2n) is 6.60. The Labute approximate surface area is 174 Å². The Balaban J connectivity index is 1.92. The third-order valence-electron chi connectivity index (χ3n) is 4.68. The third-order valence-corrected chi connectivity index (χ3v) is 7.19. The minimum absolute atomic E-state index is 0.144. The van der Waals surface area contributed by atoms with E-state index in [1.54, 1.807) is 47.4 Å². The molecule has 0 atom stereocenters. The Morgan fingerprint density at radius 1 is 0.926 bits per heavy atom. The van der Waals surface area contributed by atoms with E-state index in [1.807, 2.05) is 12.1 Å². The molecule has 0 unspecified atom stereocenters. The monoisotopic (exact) mass is 498 g/mol. The zero-order chi connectivity index (χ0) is 19.3. The summed E-state index contributed by atoms with van der Waals surface area (Å²) in [6.07, 6.45) is 4.18. The molecule has 0 spiro atoms. The first-order chi connectivity index (χ1) is 13.0. The van der Waals surface area contributed by atoms with E-state index in [0.717, 1.165) is 29.3 Å². The lowest BCUT2D eigenvalue weighted by Gasteiger charge is -2.28. The average molecular weight is 498 g/mol. The van der Waals surface area contributed by atoms with E-state index < -0.39 is 10.0 Å².